The molecular formula is C27H27N7O. The third kappa shape index (κ3) is 4.23. The zero-order valence-electron chi connectivity index (χ0n) is 19.8. The SMILES string of the molecule is CC(C)CNc1cc(-c2ccc3nccn3c2)nn2c(-c3ccc(C(=O)NC4CC4)cc3)cnc12. The summed E-state index contributed by atoms with van der Waals surface area (Å²) in [6.45, 7) is 5.18. The second-order valence-electron chi connectivity index (χ2n) is 9.53. The molecule has 0 unspecified atom stereocenters. The van der Waals surface area contributed by atoms with Crippen LogP contribution in [0.25, 0.3) is 33.8 Å². The van der Waals surface area contributed by atoms with Gasteiger partial charge in [-0.25, -0.2) is 14.5 Å². The van der Waals surface area contributed by atoms with Gasteiger partial charge in [0.1, 0.15) is 5.65 Å². The number of anilines is 1. The lowest BCUT2D eigenvalue weighted by molar-refractivity contribution is 0.0951. The number of nitrogens with zero attached hydrogens (tertiary/aromatic N) is 5. The first-order valence-corrected chi connectivity index (χ1v) is 12.0. The van der Waals surface area contributed by atoms with Gasteiger partial charge in [-0.3, -0.25) is 4.79 Å². The third-order valence-electron chi connectivity index (χ3n) is 6.21. The first-order chi connectivity index (χ1) is 17.0. The van der Waals surface area contributed by atoms with Gasteiger partial charge in [-0.1, -0.05) is 26.0 Å². The predicted octanol–water partition coefficient (Wildman–Crippen LogP) is 4.67. The fraction of sp³-hybridized carbons (Fsp3) is 0.259. The van der Waals surface area contributed by atoms with Crippen LogP contribution in [0.15, 0.2) is 67.3 Å². The van der Waals surface area contributed by atoms with Crippen molar-refractivity contribution in [2.75, 3.05) is 11.9 Å². The largest absolute Gasteiger partial charge is 0.382 e. The van der Waals surface area contributed by atoms with E-state index < -0.39 is 0 Å². The van der Waals surface area contributed by atoms with Gasteiger partial charge < -0.3 is 15.0 Å². The highest BCUT2D eigenvalue weighted by molar-refractivity contribution is 5.95. The molecule has 0 spiro atoms. The van der Waals surface area contributed by atoms with Crippen molar-refractivity contribution in [3.63, 3.8) is 0 Å². The molecule has 8 heteroatoms. The summed E-state index contributed by atoms with van der Waals surface area (Å²) in [6.07, 6.45) is 9.73. The predicted molar refractivity (Wildman–Crippen MR) is 136 cm³/mol. The first kappa shape index (κ1) is 21.3. The van der Waals surface area contributed by atoms with Gasteiger partial charge in [0.05, 0.1) is 23.3 Å². The second-order valence-corrected chi connectivity index (χ2v) is 9.53. The summed E-state index contributed by atoms with van der Waals surface area (Å²) in [6, 6.07) is 14.0. The molecular weight excluding hydrogens is 438 g/mol. The van der Waals surface area contributed by atoms with Gasteiger partial charge in [-0.15, -0.1) is 0 Å². The zero-order chi connectivity index (χ0) is 23.9. The van der Waals surface area contributed by atoms with Gasteiger partial charge in [0.25, 0.3) is 5.91 Å². The smallest absolute Gasteiger partial charge is 0.251 e. The molecule has 0 aliphatic heterocycles. The number of hydrogen-bond donors (Lipinski definition) is 2. The lowest BCUT2D eigenvalue weighted by atomic mass is 10.1. The summed E-state index contributed by atoms with van der Waals surface area (Å²) >= 11 is 0. The van der Waals surface area contributed by atoms with Crippen molar-refractivity contribution in [3.05, 3.63) is 72.8 Å². The van der Waals surface area contributed by atoms with Crippen molar-refractivity contribution in [1.82, 2.24) is 29.3 Å². The molecule has 1 aromatic carbocycles. The highest BCUT2D eigenvalue weighted by atomic mass is 16.1. The monoisotopic (exact) mass is 465 g/mol. The summed E-state index contributed by atoms with van der Waals surface area (Å²) in [5, 5.41) is 11.6. The quantitative estimate of drug-likeness (QED) is 0.365. The Morgan fingerprint density at radius 1 is 1.09 bits per heavy atom. The minimum absolute atomic E-state index is 0.0207. The van der Waals surface area contributed by atoms with E-state index in [-0.39, 0.29) is 5.91 Å². The van der Waals surface area contributed by atoms with Crippen LogP contribution < -0.4 is 10.6 Å². The molecule has 176 valence electrons. The molecule has 4 aromatic heterocycles. The van der Waals surface area contributed by atoms with Gasteiger partial charge in [0, 0.05) is 47.9 Å². The van der Waals surface area contributed by atoms with Gasteiger partial charge in [0.2, 0.25) is 0 Å². The van der Waals surface area contributed by atoms with Crippen molar-refractivity contribution < 1.29 is 4.79 Å². The number of rotatable bonds is 7. The minimum atomic E-state index is -0.0207. The molecule has 1 aliphatic rings. The molecule has 2 N–H and O–H groups in total. The number of fused-ring (bicyclic) bond motifs is 2. The fourth-order valence-electron chi connectivity index (χ4n) is 4.11. The van der Waals surface area contributed by atoms with E-state index >= 15 is 0 Å². The van der Waals surface area contributed by atoms with Crippen LogP contribution in [0, 0.1) is 5.92 Å². The Kier molecular flexibility index (Phi) is 5.21. The number of imidazole rings is 2. The van der Waals surface area contributed by atoms with Crippen molar-refractivity contribution >= 4 is 22.9 Å². The Labute approximate surface area is 203 Å². The Morgan fingerprint density at radius 2 is 1.89 bits per heavy atom. The van der Waals surface area contributed by atoms with Crippen LogP contribution in [0.3, 0.4) is 0 Å². The number of benzene rings is 1. The molecule has 1 fully saturated rings. The highest BCUT2D eigenvalue weighted by Gasteiger charge is 2.24. The molecule has 6 rings (SSSR count). The minimum Gasteiger partial charge on any atom is -0.382 e. The summed E-state index contributed by atoms with van der Waals surface area (Å²) < 4.78 is 3.87. The van der Waals surface area contributed by atoms with E-state index in [1.807, 2.05) is 63.9 Å². The molecule has 0 radical (unpaired) electrons. The van der Waals surface area contributed by atoms with Crippen molar-refractivity contribution in [2.45, 2.75) is 32.7 Å². The van der Waals surface area contributed by atoms with E-state index in [0.29, 0.717) is 17.5 Å². The Bertz CT molecular complexity index is 1530. The number of amides is 1. The van der Waals surface area contributed by atoms with Crippen LogP contribution >= 0.6 is 0 Å². The molecule has 5 aromatic rings. The highest BCUT2D eigenvalue weighted by Crippen LogP contribution is 2.29. The van der Waals surface area contributed by atoms with E-state index in [1.54, 1.807) is 6.20 Å². The molecule has 1 saturated carbocycles. The summed E-state index contributed by atoms with van der Waals surface area (Å²) in [5.74, 6) is 0.463. The molecule has 4 heterocycles. The maximum Gasteiger partial charge on any atom is 0.251 e. The number of aromatic nitrogens is 5. The molecule has 8 nitrogen and oxygen atoms in total. The Balaban J connectivity index is 1.42. The van der Waals surface area contributed by atoms with Crippen LogP contribution in [0.2, 0.25) is 0 Å². The van der Waals surface area contributed by atoms with Crippen molar-refractivity contribution in [2.24, 2.45) is 5.92 Å². The van der Waals surface area contributed by atoms with E-state index in [2.05, 4.69) is 35.5 Å². The molecule has 1 aliphatic carbocycles. The summed E-state index contributed by atoms with van der Waals surface area (Å²) in [5.41, 5.74) is 6.89. The summed E-state index contributed by atoms with van der Waals surface area (Å²) in [4.78, 5) is 21.4. The summed E-state index contributed by atoms with van der Waals surface area (Å²) in [7, 11) is 0. The number of carbonyl (C=O) groups excluding carboxylic acids is 1. The van der Waals surface area contributed by atoms with E-state index in [9.17, 15) is 4.79 Å². The maximum absolute atomic E-state index is 12.4. The van der Waals surface area contributed by atoms with Gasteiger partial charge in [0.15, 0.2) is 5.65 Å². The normalized spacial score (nSPS) is 13.6. The fourth-order valence-corrected chi connectivity index (χ4v) is 4.11. The number of hydrogen-bond acceptors (Lipinski definition) is 5. The lowest BCUT2D eigenvalue weighted by Crippen LogP contribution is -2.25. The number of carbonyl (C=O) groups is 1. The van der Waals surface area contributed by atoms with Gasteiger partial charge in [-0.05, 0) is 49.1 Å². The van der Waals surface area contributed by atoms with E-state index in [1.165, 1.54) is 0 Å². The number of pyridine rings is 1. The Morgan fingerprint density at radius 3 is 2.66 bits per heavy atom. The van der Waals surface area contributed by atoms with Crippen LogP contribution in [-0.4, -0.2) is 42.5 Å². The van der Waals surface area contributed by atoms with E-state index in [4.69, 9.17) is 10.1 Å². The van der Waals surface area contributed by atoms with Crippen LogP contribution in [0.5, 0.6) is 0 Å². The molecule has 35 heavy (non-hydrogen) atoms. The van der Waals surface area contributed by atoms with Crippen molar-refractivity contribution in [1.29, 1.82) is 0 Å². The molecule has 0 bridgehead atoms. The average Bonchev–Trinajstić information content (AvgIpc) is 3.38. The Hall–Kier alpha value is -4.20. The zero-order valence-corrected chi connectivity index (χ0v) is 19.8. The van der Waals surface area contributed by atoms with Crippen molar-refractivity contribution in [3.8, 4) is 22.5 Å². The third-order valence-corrected chi connectivity index (χ3v) is 6.21. The maximum atomic E-state index is 12.4. The first-order valence-electron chi connectivity index (χ1n) is 12.0. The molecule has 0 atom stereocenters. The van der Waals surface area contributed by atoms with Crippen LogP contribution in [0.4, 0.5) is 5.69 Å². The topological polar surface area (TPSA) is 88.6 Å². The lowest BCUT2D eigenvalue weighted by Gasteiger charge is -2.13. The van der Waals surface area contributed by atoms with Crippen LogP contribution in [-0.2, 0) is 0 Å². The second kappa shape index (κ2) is 8.54. The average molecular weight is 466 g/mol. The number of nitrogens with one attached hydrogen (secondary N) is 2. The molecule has 1 amide bonds. The molecule has 0 saturated heterocycles. The van der Waals surface area contributed by atoms with Gasteiger partial charge in [-0.2, -0.15) is 5.10 Å². The van der Waals surface area contributed by atoms with Crippen LogP contribution in [0.1, 0.15) is 37.0 Å². The van der Waals surface area contributed by atoms with Gasteiger partial charge >= 0.3 is 0 Å². The standard InChI is InChI=1S/C27H27N7O/c1-17(2)14-29-23-13-22(20-7-10-25-28-11-12-33(25)16-20)32-34-24(15-30-26(23)34)18-3-5-19(6-4-18)27(35)31-21-8-9-21/h3-7,10-13,15-17,21,29H,8-9,14H2,1-2H3,(H,31,35). The van der Waals surface area contributed by atoms with E-state index in [0.717, 1.165) is 58.9 Å².